The van der Waals surface area contributed by atoms with Crippen molar-refractivity contribution in [3.8, 4) is 5.75 Å². The zero-order chi connectivity index (χ0) is 33.2. The van der Waals surface area contributed by atoms with E-state index in [-0.39, 0.29) is 37.5 Å². The molecule has 0 radical (unpaired) electrons. The number of carbonyl (C=O) groups excluding carboxylic acids is 6. The number of phenolic OH excluding ortho intramolecular Hbond substituents is 1. The Bertz CT molecular complexity index is 1220. The number of aromatic hydroxyl groups is 1. The van der Waals surface area contributed by atoms with Gasteiger partial charge in [0.15, 0.2) is 5.96 Å². The molecule has 0 spiro atoms. The molecule has 18 nitrogen and oxygen atoms in total. The van der Waals surface area contributed by atoms with Gasteiger partial charge < -0.3 is 53.6 Å². The highest BCUT2D eigenvalue weighted by molar-refractivity contribution is 5.95. The highest BCUT2D eigenvalue weighted by Gasteiger charge is 2.27. The van der Waals surface area contributed by atoms with Crippen molar-refractivity contribution < 1.29 is 43.8 Å². The highest BCUT2D eigenvalue weighted by Crippen LogP contribution is 2.12. The van der Waals surface area contributed by atoms with Gasteiger partial charge in [-0.1, -0.05) is 12.1 Å². The van der Waals surface area contributed by atoms with Crippen LogP contribution in [0.5, 0.6) is 5.75 Å². The monoisotopic (exact) mass is 621 g/mol. The molecular weight excluding hydrogens is 582 g/mol. The van der Waals surface area contributed by atoms with Crippen LogP contribution in [-0.2, 0) is 40.0 Å². The van der Waals surface area contributed by atoms with Crippen LogP contribution in [0.3, 0.4) is 0 Å². The molecule has 0 aliphatic rings. The van der Waals surface area contributed by atoms with Crippen LogP contribution in [0.4, 0.5) is 0 Å². The van der Waals surface area contributed by atoms with Gasteiger partial charge in [-0.05, 0) is 37.5 Å². The molecule has 0 aliphatic carbocycles. The maximum atomic E-state index is 13.3. The summed E-state index contributed by atoms with van der Waals surface area (Å²) in [4.78, 5) is 88.6. The van der Waals surface area contributed by atoms with E-state index in [2.05, 4.69) is 36.9 Å². The van der Waals surface area contributed by atoms with Crippen molar-refractivity contribution in [2.75, 3.05) is 26.2 Å². The van der Waals surface area contributed by atoms with E-state index in [4.69, 9.17) is 16.6 Å². The van der Waals surface area contributed by atoms with Crippen LogP contribution >= 0.6 is 0 Å². The first-order valence-electron chi connectivity index (χ1n) is 13.4. The highest BCUT2D eigenvalue weighted by atomic mass is 16.4. The Morgan fingerprint density at radius 3 is 1.98 bits per heavy atom. The summed E-state index contributed by atoms with van der Waals surface area (Å²) in [6.45, 7) is 1.03. The second-order valence-electron chi connectivity index (χ2n) is 9.53. The first-order chi connectivity index (χ1) is 20.7. The molecule has 18 heteroatoms. The van der Waals surface area contributed by atoms with Gasteiger partial charge in [-0.2, -0.15) is 0 Å². The minimum absolute atomic E-state index is 0.0127. The van der Waals surface area contributed by atoms with Gasteiger partial charge >= 0.3 is 5.97 Å². The Labute approximate surface area is 252 Å². The number of nitrogens with zero attached hydrogens (tertiary/aromatic N) is 1. The second kappa shape index (κ2) is 18.9. The first kappa shape index (κ1) is 36.6. The number of phenols is 1. The molecule has 0 unspecified atom stereocenters. The van der Waals surface area contributed by atoms with Gasteiger partial charge in [0, 0.05) is 19.9 Å². The van der Waals surface area contributed by atoms with Crippen molar-refractivity contribution >= 4 is 47.4 Å². The zero-order valence-corrected chi connectivity index (χ0v) is 24.3. The molecule has 0 aliphatic heterocycles. The molecule has 44 heavy (non-hydrogen) atoms. The molecule has 12 N–H and O–H groups in total. The predicted molar refractivity (Wildman–Crippen MR) is 156 cm³/mol. The van der Waals surface area contributed by atoms with Crippen LogP contribution in [0, 0.1) is 0 Å². The third-order valence-electron chi connectivity index (χ3n) is 5.71. The number of guanidine groups is 1. The number of aliphatic imine (C=N–C) groups is 1. The quantitative estimate of drug-likeness (QED) is 0.0427. The molecule has 0 saturated carbocycles. The summed E-state index contributed by atoms with van der Waals surface area (Å²) < 4.78 is 0. The number of carboxylic acid groups (broad SMARTS) is 1. The lowest BCUT2D eigenvalue weighted by molar-refractivity contribution is -0.138. The Balaban J connectivity index is 2.99. The maximum Gasteiger partial charge on any atom is 0.322 e. The fraction of sp³-hybridized carbons (Fsp3) is 0.462. The molecule has 3 atom stereocenters. The minimum Gasteiger partial charge on any atom is -0.508 e. The van der Waals surface area contributed by atoms with Crippen LogP contribution in [-0.4, -0.2) is 102 Å². The summed E-state index contributed by atoms with van der Waals surface area (Å²) in [6.07, 6.45) is 0.223. The van der Waals surface area contributed by atoms with Gasteiger partial charge in [-0.3, -0.25) is 38.6 Å². The molecule has 1 rings (SSSR count). The Morgan fingerprint density at radius 1 is 0.795 bits per heavy atom. The van der Waals surface area contributed by atoms with Gasteiger partial charge in [0.2, 0.25) is 35.4 Å². The Morgan fingerprint density at radius 2 is 1.39 bits per heavy atom. The van der Waals surface area contributed by atoms with Crippen LogP contribution < -0.4 is 43.4 Å². The van der Waals surface area contributed by atoms with E-state index in [0.717, 1.165) is 0 Å². The Kier molecular flexibility index (Phi) is 15.7. The van der Waals surface area contributed by atoms with Gasteiger partial charge in [-0.15, -0.1) is 0 Å². The van der Waals surface area contributed by atoms with Crippen molar-refractivity contribution in [2.45, 2.75) is 51.2 Å². The van der Waals surface area contributed by atoms with E-state index in [1.807, 2.05) is 0 Å². The largest absolute Gasteiger partial charge is 0.508 e. The van der Waals surface area contributed by atoms with Crippen molar-refractivity contribution in [1.29, 1.82) is 0 Å². The number of carboxylic acids is 1. The van der Waals surface area contributed by atoms with E-state index in [0.29, 0.717) is 5.56 Å². The summed E-state index contributed by atoms with van der Waals surface area (Å²) in [6, 6.07) is 2.34. The van der Waals surface area contributed by atoms with Crippen LogP contribution in [0.1, 0.15) is 32.3 Å². The summed E-state index contributed by atoms with van der Waals surface area (Å²) in [5.41, 5.74) is 11.2. The molecule has 1 aromatic carbocycles. The number of hydrogen-bond donors (Lipinski definition) is 10. The van der Waals surface area contributed by atoms with E-state index in [9.17, 15) is 38.7 Å². The van der Waals surface area contributed by atoms with Gasteiger partial charge in [-0.25, -0.2) is 0 Å². The maximum absolute atomic E-state index is 13.3. The van der Waals surface area contributed by atoms with E-state index in [1.165, 1.54) is 38.1 Å². The average Bonchev–Trinajstić information content (AvgIpc) is 2.95. The van der Waals surface area contributed by atoms with Crippen molar-refractivity contribution in [3.05, 3.63) is 29.8 Å². The third-order valence-corrected chi connectivity index (χ3v) is 5.71. The molecule has 0 bridgehead atoms. The molecule has 0 fully saturated rings. The minimum atomic E-state index is -1.27. The summed E-state index contributed by atoms with van der Waals surface area (Å²) in [5.74, 6) is -5.64. The van der Waals surface area contributed by atoms with E-state index < -0.39 is 79.2 Å². The molecule has 1 aromatic rings. The van der Waals surface area contributed by atoms with Crippen molar-refractivity contribution in [3.63, 3.8) is 0 Å². The second-order valence-corrected chi connectivity index (χ2v) is 9.53. The van der Waals surface area contributed by atoms with Crippen molar-refractivity contribution in [1.82, 2.24) is 31.9 Å². The molecule has 0 heterocycles. The van der Waals surface area contributed by atoms with Crippen LogP contribution in [0.2, 0.25) is 0 Å². The number of nitrogens with two attached hydrogens (primary N) is 2. The zero-order valence-electron chi connectivity index (χ0n) is 24.3. The normalized spacial score (nSPS) is 12.3. The molecule has 6 amide bonds. The lowest BCUT2D eigenvalue weighted by atomic mass is 10.0. The van der Waals surface area contributed by atoms with Gasteiger partial charge in [0.05, 0.1) is 13.1 Å². The smallest absolute Gasteiger partial charge is 0.322 e. The topological polar surface area (TPSA) is 297 Å². The van der Waals surface area contributed by atoms with Crippen molar-refractivity contribution in [2.24, 2.45) is 16.5 Å². The number of amides is 6. The van der Waals surface area contributed by atoms with Crippen LogP contribution in [0.15, 0.2) is 29.3 Å². The van der Waals surface area contributed by atoms with Gasteiger partial charge in [0.25, 0.3) is 0 Å². The standard InChI is InChI=1S/C26H39N9O9/c1-14(23(42)32-13-22(40)41)33-20(38)12-31-24(43)18(4-3-9-29-26(27)28)35-25(44)19(34-21(39)11-30-15(2)36)10-16-5-7-17(37)8-6-16/h5-8,14,18-19,37H,3-4,9-13H2,1-2H3,(H,30,36)(H,31,43)(H,32,42)(H,33,38)(H,34,39)(H,35,44)(H,40,41)(H4,27,28,29)/t14-,18-,19-/m0/s1. The molecule has 0 saturated heterocycles. The summed E-state index contributed by atoms with van der Waals surface area (Å²) in [5, 5.41) is 32.4. The number of rotatable bonds is 18. The summed E-state index contributed by atoms with van der Waals surface area (Å²) >= 11 is 0. The Hall–Kier alpha value is -5.42. The van der Waals surface area contributed by atoms with Crippen LogP contribution in [0.25, 0.3) is 0 Å². The fourth-order valence-corrected chi connectivity index (χ4v) is 3.54. The number of carbonyl (C=O) groups is 7. The number of hydrogen-bond acceptors (Lipinski definition) is 9. The predicted octanol–water partition coefficient (Wildman–Crippen LogP) is -4.08. The average molecular weight is 622 g/mol. The SMILES string of the molecule is CC(=O)NCC(=O)N[C@@H](Cc1ccc(O)cc1)C(=O)N[C@@H](CCCN=C(N)N)C(=O)NCC(=O)N[C@@H](C)C(=O)NCC(=O)O. The third kappa shape index (κ3) is 15.5. The molecule has 242 valence electrons. The van der Waals surface area contributed by atoms with Gasteiger partial charge in [0.1, 0.15) is 30.4 Å². The lowest BCUT2D eigenvalue weighted by Gasteiger charge is -2.23. The number of benzene rings is 1. The number of aliphatic carboxylic acids is 1. The number of nitrogens with one attached hydrogen (secondary N) is 6. The van der Waals surface area contributed by atoms with E-state index in [1.54, 1.807) is 0 Å². The summed E-state index contributed by atoms with van der Waals surface area (Å²) in [7, 11) is 0. The lowest BCUT2D eigenvalue weighted by Crippen LogP contribution is -2.56. The first-order valence-corrected chi connectivity index (χ1v) is 13.4. The fourth-order valence-electron chi connectivity index (χ4n) is 3.54. The molecular formula is C26H39N9O9. The van der Waals surface area contributed by atoms with E-state index >= 15 is 0 Å². The molecule has 0 aromatic heterocycles.